The van der Waals surface area contributed by atoms with E-state index in [0.717, 1.165) is 5.56 Å². The molecule has 65 valence electrons. The van der Waals surface area contributed by atoms with Gasteiger partial charge in [0.05, 0.1) is 0 Å². The maximum atomic E-state index is 11.2. The molecule has 1 aromatic rings. The number of rotatable bonds is 2. The van der Waals surface area contributed by atoms with Crippen molar-refractivity contribution in [2.24, 2.45) is 0 Å². The smallest absolute Gasteiger partial charge is 0.254 e. The van der Waals surface area contributed by atoms with Crippen LogP contribution in [0.3, 0.4) is 0 Å². The van der Waals surface area contributed by atoms with Gasteiger partial charge in [0.2, 0.25) is 0 Å². The molecule has 1 aliphatic heterocycles. The van der Waals surface area contributed by atoms with Crippen LogP contribution in [0.4, 0.5) is 0 Å². The predicted molar refractivity (Wildman–Crippen MR) is 49.7 cm³/mol. The van der Waals surface area contributed by atoms with Crippen molar-refractivity contribution in [2.45, 2.75) is 6.54 Å². The fourth-order valence-corrected chi connectivity index (χ4v) is 1.36. The van der Waals surface area contributed by atoms with E-state index in [0.29, 0.717) is 13.1 Å². The van der Waals surface area contributed by atoms with Crippen LogP contribution >= 0.6 is 0 Å². The van der Waals surface area contributed by atoms with E-state index in [9.17, 15) is 4.79 Å². The normalized spacial score (nSPS) is 15.4. The lowest BCUT2D eigenvalue weighted by molar-refractivity contribution is -0.125. The van der Waals surface area contributed by atoms with Gasteiger partial charge in [-0.3, -0.25) is 4.79 Å². The van der Waals surface area contributed by atoms with E-state index in [2.05, 4.69) is 6.08 Å². The van der Waals surface area contributed by atoms with Crippen molar-refractivity contribution in [1.82, 2.24) is 4.90 Å². The molecule has 1 heterocycles. The summed E-state index contributed by atoms with van der Waals surface area (Å²) < 4.78 is 0. The third-order valence-electron chi connectivity index (χ3n) is 2.04. The molecule has 0 unspecified atom stereocenters. The molecule has 2 heteroatoms. The van der Waals surface area contributed by atoms with E-state index in [1.54, 1.807) is 11.0 Å². The van der Waals surface area contributed by atoms with Gasteiger partial charge in [-0.25, -0.2) is 0 Å². The van der Waals surface area contributed by atoms with Crippen LogP contribution in [-0.2, 0) is 11.3 Å². The van der Waals surface area contributed by atoms with E-state index in [1.165, 1.54) is 0 Å². The van der Waals surface area contributed by atoms with Gasteiger partial charge in [0.1, 0.15) is 0 Å². The van der Waals surface area contributed by atoms with Crippen LogP contribution in [0, 0.1) is 6.08 Å². The minimum Gasteiger partial charge on any atom is -0.331 e. The van der Waals surface area contributed by atoms with Crippen LogP contribution in [0.25, 0.3) is 0 Å². The molecule has 0 saturated heterocycles. The summed E-state index contributed by atoms with van der Waals surface area (Å²) in [6, 6.07) is 9.97. The van der Waals surface area contributed by atoms with Gasteiger partial charge in [0.25, 0.3) is 5.91 Å². The monoisotopic (exact) mass is 172 g/mol. The van der Waals surface area contributed by atoms with Crippen molar-refractivity contribution >= 4 is 5.91 Å². The summed E-state index contributed by atoms with van der Waals surface area (Å²) in [5.41, 5.74) is 1.16. The van der Waals surface area contributed by atoms with Gasteiger partial charge in [-0.05, 0) is 5.56 Å². The number of carbonyl (C=O) groups is 1. The Morgan fingerprint density at radius 1 is 1.31 bits per heavy atom. The molecular formula is C11H10NO. The number of hydrogen-bond acceptors (Lipinski definition) is 1. The van der Waals surface area contributed by atoms with Crippen LogP contribution in [0.2, 0.25) is 0 Å². The molecule has 2 rings (SSSR count). The summed E-state index contributed by atoms with van der Waals surface area (Å²) in [7, 11) is 0. The van der Waals surface area contributed by atoms with Gasteiger partial charge in [0.15, 0.2) is 0 Å². The average Bonchev–Trinajstić information content (AvgIpc) is 2.54. The average molecular weight is 172 g/mol. The zero-order valence-electron chi connectivity index (χ0n) is 7.23. The molecule has 0 bridgehead atoms. The Balaban J connectivity index is 2.03. The second-order valence-electron chi connectivity index (χ2n) is 3.02. The van der Waals surface area contributed by atoms with Crippen molar-refractivity contribution < 1.29 is 4.79 Å². The molecule has 0 saturated carbocycles. The van der Waals surface area contributed by atoms with Crippen molar-refractivity contribution in [1.29, 1.82) is 0 Å². The summed E-state index contributed by atoms with van der Waals surface area (Å²) >= 11 is 0. The predicted octanol–water partition coefficient (Wildman–Crippen LogP) is 1.39. The summed E-state index contributed by atoms with van der Waals surface area (Å²) in [6.07, 6.45) is 4.42. The van der Waals surface area contributed by atoms with Crippen LogP contribution in [0.1, 0.15) is 5.56 Å². The molecule has 2 nitrogen and oxygen atoms in total. The SMILES string of the molecule is O=C1[C]=CCN1Cc1ccccc1. The number of amides is 1. The van der Waals surface area contributed by atoms with Crippen molar-refractivity contribution in [2.75, 3.05) is 6.54 Å². The highest BCUT2D eigenvalue weighted by Crippen LogP contribution is 2.07. The summed E-state index contributed by atoms with van der Waals surface area (Å²) in [5, 5.41) is 0. The third kappa shape index (κ3) is 1.78. The fraction of sp³-hybridized carbons (Fsp3) is 0.182. The van der Waals surface area contributed by atoms with Gasteiger partial charge in [-0.1, -0.05) is 36.4 Å². The van der Waals surface area contributed by atoms with Gasteiger partial charge in [-0.15, -0.1) is 0 Å². The number of nitrogens with zero attached hydrogens (tertiary/aromatic N) is 1. The topological polar surface area (TPSA) is 20.3 Å². The van der Waals surface area contributed by atoms with E-state index in [-0.39, 0.29) is 5.91 Å². The minimum absolute atomic E-state index is 0.0103. The summed E-state index contributed by atoms with van der Waals surface area (Å²) in [6.45, 7) is 1.37. The lowest BCUT2D eigenvalue weighted by Gasteiger charge is -2.14. The highest BCUT2D eigenvalue weighted by atomic mass is 16.2. The molecule has 1 radical (unpaired) electrons. The molecule has 0 fully saturated rings. The van der Waals surface area contributed by atoms with E-state index < -0.39 is 0 Å². The lowest BCUT2D eigenvalue weighted by atomic mass is 10.2. The van der Waals surface area contributed by atoms with Crippen LogP contribution in [0.5, 0.6) is 0 Å². The zero-order chi connectivity index (χ0) is 9.10. The van der Waals surface area contributed by atoms with Crippen LogP contribution in [0.15, 0.2) is 36.4 Å². The maximum absolute atomic E-state index is 11.2. The van der Waals surface area contributed by atoms with E-state index in [4.69, 9.17) is 0 Å². The molecule has 13 heavy (non-hydrogen) atoms. The van der Waals surface area contributed by atoms with Crippen LogP contribution in [-0.4, -0.2) is 17.4 Å². The van der Waals surface area contributed by atoms with E-state index >= 15 is 0 Å². The molecule has 1 aliphatic rings. The highest BCUT2D eigenvalue weighted by molar-refractivity contribution is 5.85. The molecule has 0 N–H and O–H groups in total. The Kier molecular flexibility index (Phi) is 2.13. The van der Waals surface area contributed by atoms with Gasteiger partial charge in [-0.2, -0.15) is 0 Å². The van der Waals surface area contributed by atoms with Crippen molar-refractivity contribution in [3.8, 4) is 0 Å². The molecule has 1 amide bonds. The van der Waals surface area contributed by atoms with Gasteiger partial charge < -0.3 is 4.90 Å². The number of benzene rings is 1. The summed E-state index contributed by atoms with van der Waals surface area (Å²) in [5.74, 6) is -0.0103. The first-order valence-corrected chi connectivity index (χ1v) is 4.27. The van der Waals surface area contributed by atoms with Crippen molar-refractivity contribution in [3.05, 3.63) is 48.0 Å². The maximum Gasteiger partial charge on any atom is 0.254 e. The number of carbonyl (C=O) groups excluding carboxylic acids is 1. The molecule has 0 atom stereocenters. The Hall–Kier alpha value is -1.57. The number of hydrogen-bond donors (Lipinski definition) is 0. The molecular weight excluding hydrogens is 162 g/mol. The zero-order valence-corrected chi connectivity index (χ0v) is 7.23. The second-order valence-corrected chi connectivity index (χ2v) is 3.02. The first-order chi connectivity index (χ1) is 6.36. The highest BCUT2D eigenvalue weighted by Gasteiger charge is 2.14. The standard InChI is InChI=1S/C11H10NO/c13-11-7-4-8-12(11)9-10-5-2-1-3-6-10/h1-6H,8-9H2. The molecule has 0 aliphatic carbocycles. The van der Waals surface area contributed by atoms with Gasteiger partial charge >= 0.3 is 0 Å². The van der Waals surface area contributed by atoms with E-state index in [1.807, 2.05) is 30.3 Å². The largest absolute Gasteiger partial charge is 0.331 e. The quantitative estimate of drug-likeness (QED) is 0.660. The molecule has 1 aromatic carbocycles. The Labute approximate surface area is 77.5 Å². The Bertz CT molecular complexity index is 329. The Morgan fingerprint density at radius 3 is 2.69 bits per heavy atom. The third-order valence-corrected chi connectivity index (χ3v) is 2.04. The first-order valence-electron chi connectivity index (χ1n) is 4.27. The van der Waals surface area contributed by atoms with Crippen LogP contribution < -0.4 is 0 Å². The Morgan fingerprint density at radius 2 is 2.08 bits per heavy atom. The lowest BCUT2D eigenvalue weighted by Crippen LogP contribution is -2.24. The van der Waals surface area contributed by atoms with Gasteiger partial charge in [0, 0.05) is 19.2 Å². The second kappa shape index (κ2) is 3.44. The summed E-state index contributed by atoms with van der Waals surface area (Å²) in [4.78, 5) is 12.9. The molecule has 0 spiro atoms. The minimum atomic E-state index is -0.0103. The van der Waals surface area contributed by atoms with Crippen molar-refractivity contribution in [3.63, 3.8) is 0 Å². The fourth-order valence-electron chi connectivity index (χ4n) is 1.36. The first kappa shape index (κ1) is 8.05. The molecule has 0 aromatic heterocycles.